The third-order valence-electron chi connectivity index (χ3n) is 1.48. The van der Waals surface area contributed by atoms with Crippen LogP contribution in [0.5, 0.6) is 0 Å². The molecule has 1 heteroatoms. The van der Waals surface area contributed by atoms with Crippen molar-refractivity contribution in [2.75, 3.05) is 14.1 Å². The smallest absolute Gasteiger partial charge is 0.0732 e. The lowest BCUT2D eigenvalue weighted by Crippen LogP contribution is -2.31. The Labute approximate surface area is 64.4 Å². The first kappa shape index (κ1) is 9.52. The molecule has 0 spiro atoms. The van der Waals surface area contributed by atoms with Crippen molar-refractivity contribution in [3.63, 3.8) is 0 Å². The zero-order chi connectivity index (χ0) is 8.15. The number of nitrogens with zero attached hydrogens (tertiary/aromatic N) is 1. The highest BCUT2D eigenvalue weighted by atomic mass is 15.1. The Morgan fingerprint density at radius 2 is 1.70 bits per heavy atom. The van der Waals surface area contributed by atoms with E-state index in [4.69, 9.17) is 0 Å². The van der Waals surface area contributed by atoms with Crippen molar-refractivity contribution >= 4 is 0 Å². The topological polar surface area (TPSA) is 3.24 Å². The third kappa shape index (κ3) is 2.89. The van der Waals surface area contributed by atoms with E-state index in [1.807, 2.05) is 6.92 Å². The molecular formula is C9H17N. The Bertz CT molecular complexity index is 129. The highest BCUT2D eigenvalue weighted by molar-refractivity contribution is 5.06. The number of hydrogen-bond donors (Lipinski definition) is 0. The lowest BCUT2D eigenvalue weighted by Gasteiger charge is -2.22. The summed E-state index contributed by atoms with van der Waals surface area (Å²) in [7, 11) is 4.13. The van der Waals surface area contributed by atoms with Gasteiger partial charge in [0.1, 0.15) is 0 Å². The molecule has 0 aromatic heterocycles. The predicted molar refractivity (Wildman–Crippen MR) is 45.8 cm³/mol. The highest BCUT2D eigenvalue weighted by Gasteiger charge is 2.11. The van der Waals surface area contributed by atoms with Crippen molar-refractivity contribution in [1.29, 1.82) is 0 Å². The predicted octanol–water partition coefficient (Wildman–Crippen LogP) is 1.60. The molecule has 0 aromatic rings. The molecule has 0 aliphatic rings. The van der Waals surface area contributed by atoms with E-state index < -0.39 is 0 Å². The maximum absolute atomic E-state index is 3.16. The SMILES string of the molecule is CC#CC(C(C)C)N(C)C. The third-order valence-corrected chi connectivity index (χ3v) is 1.48. The minimum Gasteiger partial charge on any atom is -0.296 e. The van der Waals surface area contributed by atoms with Crippen LogP contribution in [0.15, 0.2) is 0 Å². The molecule has 58 valence electrons. The van der Waals surface area contributed by atoms with E-state index in [1.165, 1.54) is 0 Å². The van der Waals surface area contributed by atoms with Gasteiger partial charge in [-0.1, -0.05) is 19.8 Å². The molecule has 0 radical (unpaired) electrons. The van der Waals surface area contributed by atoms with Crippen molar-refractivity contribution in [3.8, 4) is 11.8 Å². The van der Waals surface area contributed by atoms with Gasteiger partial charge in [0.05, 0.1) is 6.04 Å². The Balaban J connectivity index is 4.07. The first-order valence-electron chi connectivity index (χ1n) is 3.68. The Kier molecular flexibility index (Phi) is 4.14. The van der Waals surface area contributed by atoms with E-state index in [0.717, 1.165) is 0 Å². The summed E-state index contributed by atoms with van der Waals surface area (Å²) in [6.07, 6.45) is 0. The van der Waals surface area contributed by atoms with Crippen molar-refractivity contribution in [1.82, 2.24) is 4.90 Å². The van der Waals surface area contributed by atoms with Crippen LogP contribution >= 0.6 is 0 Å². The minimum atomic E-state index is 0.407. The average Bonchev–Trinajstić information content (AvgIpc) is 1.81. The summed E-state index contributed by atoms with van der Waals surface area (Å²) in [4.78, 5) is 2.15. The zero-order valence-corrected chi connectivity index (χ0v) is 7.60. The summed E-state index contributed by atoms with van der Waals surface area (Å²) in [6, 6.07) is 0.407. The monoisotopic (exact) mass is 139 g/mol. The van der Waals surface area contributed by atoms with E-state index in [9.17, 15) is 0 Å². The van der Waals surface area contributed by atoms with Gasteiger partial charge >= 0.3 is 0 Å². The Hall–Kier alpha value is -0.480. The first-order valence-corrected chi connectivity index (χ1v) is 3.68. The Morgan fingerprint density at radius 3 is 1.80 bits per heavy atom. The Morgan fingerprint density at radius 1 is 1.20 bits per heavy atom. The van der Waals surface area contributed by atoms with Gasteiger partial charge in [0, 0.05) is 0 Å². The second-order valence-electron chi connectivity index (χ2n) is 3.05. The van der Waals surface area contributed by atoms with Gasteiger partial charge in [0.25, 0.3) is 0 Å². The fourth-order valence-corrected chi connectivity index (χ4v) is 1.04. The van der Waals surface area contributed by atoms with Crippen LogP contribution in [0.2, 0.25) is 0 Å². The van der Waals surface area contributed by atoms with Gasteiger partial charge in [-0.3, -0.25) is 4.90 Å². The van der Waals surface area contributed by atoms with Crippen molar-refractivity contribution < 1.29 is 0 Å². The summed E-state index contributed by atoms with van der Waals surface area (Å²) >= 11 is 0. The van der Waals surface area contributed by atoms with Gasteiger partial charge in [0.2, 0.25) is 0 Å². The molecule has 0 saturated carbocycles. The minimum absolute atomic E-state index is 0.407. The number of rotatable bonds is 2. The maximum Gasteiger partial charge on any atom is 0.0732 e. The summed E-state index contributed by atoms with van der Waals surface area (Å²) in [6.45, 7) is 6.27. The van der Waals surface area contributed by atoms with Gasteiger partial charge in [-0.2, -0.15) is 0 Å². The molecule has 0 saturated heterocycles. The van der Waals surface area contributed by atoms with Gasteiger partial charge < -0.3 is 0 Å². The van der Waals surface area contributed by atoms with Crippen LogP contribution in [0, 0.1) is 17.8 Å². The molecule has 1 unspecified atom stereocenters. The van der Waals surface area contributed by atoms with Crippen LogP contribution in [0.4, 0.5) is 0 Å². The molecule has 1 atom stereocenters. The maximum atomic E-state index is 3.16. The van der Waals surface area contributed by atoms with Crippen LogP contribution in [0.1, 0.15) is 20.8 Å². The fraction of sp³-hybridized carbons (Fsp3) is 0.778. The molecule has 0 amide bonds. The largest absolute Gasteiger partial charge is 0.296 e. The molecular weight excluding hydrogens is 122 g/mol. The second-order valence-corrected chi connectivity index (χ2v) is 3.05. The molecule has 10 heavy (non-hydrogen) atoms. The van der Waals surface area contributed by atoms with Crippen LogP contribution in [0.3, 0.4) is 0 Å². The summed E-state index contributed by atoms with van der Waals surface area (Å²) < 4.78 is 0. The quantitative estimate of drug-likeness (QED) is 0.525. The van der Waals surface area contributed by atoms with Gasteiger partial charge in [0.15, 0.2) is 0 Å². The van der Waals surface area contributed by atoms with Crippen LogP contribution in [0.25, 0.3) is 0 Å². The molecule has 0 rings (SSSR count). The van der Waals surface area contributed by atoms with E-state index in [0.29, 0.717) is 12.0 Å². The molecule has 0 heterocycles. The first-order chi connectivity index (χ1) is 4.59. The molecule has 0 aliphatic heterocycles. The van der Waals surface area contributed by atoms with E-state index in [1.54, 1.807) is 0 Å². The lowest BCUT2D eigenvalue weighted by atomic mass is 10.0. The van der Waals surface area contributed by atoms with Crippen LogP contribution in [-0.4, -0.2) is 25.0 Å². The standard InChI is InChI=1S/C9H17N/c1-6-7-9(8(2)3)10(4)5/h8-9H,1-5H3. The summed E-state index contributed by atoms with van der Waals surface area (Å²) in [5.41, 5.74) is 0. The van der Waals surface area contributed by atoms with Gasteiger partial charge in [-0.05, 0) is 26.9 Å². The molecule has 0 N–H and O–H groups in total. The van der Waals surface area contributed by atoms with E-state index >= 15 is 0 Å². The normalized spacial score (nSPS) is 13.1. The zero-order valence-electron chi connectivity index (χ0n) is 7.60. The van der Waals surface area contributed by atoms with Crippen molar-refractivity contribution in [2.45, 2.75) is 26.8 Å². The highest BCUT2D eigenvalue weighted by Crippen LogP contribution is 2.04. The molecule has 1 nitrogen and oxygen atoms in total. The molecule has 0 bridgehead atoms. The number of hydrogen-bond acceptors (Lipinski definition) is 1. The van der Waals surface area contributed by atoms with Crippen LogP contribution < -0.4 is 0 Å². The summed E-state index contributed by atoms with van der Waals surface area (Å²) in [5.74, 6) is 6.71. The average molecular weight is 139 g/mol. The molecule has 0 fully saturated rings. The van der Waals surface area contributed by atoms with Gasteiger partial charge in [-0.25, -0.2) is 0 Å². The van der Waals surface area contributed by atoms with E-state index in [-0.39, 0.29) is 0 Å². The molecule has 0 aromatic carbocycles. The van der Waals surface area contributed by atoms with Crippen molar-refractivity contribution in [3.05, 3.63) is 0 Å². The fourth-order valence-electron chi connectivity index (χ4n) is 1.04. The lowest BCUT2D eigenvalue weighted by molar-refractivity contribution is 0.289. The van der Waals surface area contributed by atoms with Crippen molar-refractivity contribution in [2.24, 2.45) is 5.92 Å². The molecule has 0 aliphatic carbocycles. The second kappa shape index (κ2) is 4.35. The van der Waals surface area contributed by atoms with E-state index in [2.05, 4.69) is 44.7 Å². The van der Waals surface area contributed by atoms with Gasteiger partial charge in [-0.15, -0.1) is 5.92 Å². The summed E-state index contributed by atoms with van der Waals surface area (Å²) in [5, 5.41) is 0. The van der Waals surface area contributed by atoms with Crippen LogP contribution in [-0.2, 0) is 0 Å².